The van der Waals surface area contributed by atoms with Crippen molar-refractivity contribution < 1.29 is 20.1 Å². The van der Waals surface area contributed by atoms with Gasteiger partial charge in [0.25, 0.3) is 0 Å². The number of aliphatic hydroxyl groups excluding tert-OH is 3. The zero-order valence-corrected chi connectivity index (χ0v) is 9.60. The maximum atomic E-state index is 9.19. The molecule has 0 radical (unpaired) electrons. The van der Waals surface area contributed by atoms with Crippen LogP contribution in [0.1, 0.15) is 33.6 Å². The van der Waals surface area contributed by atoms with Crippen LogP contribution in [0.3, 0.4) is 0 Å². The van der Waals surface area contributed by atoms with Gasteiger partial charge in [-0.1, -0.05) is 13.8 Å². The molecule has 88 valence electrons. The third kappa shape index (κ3) is 7.26. The van der Waals surface area contributed by atoms with Crippen molar-refractivity contribution in [1.29, 1.82) is 0 Å². The van der Waals surface area contributed by atoms with Crippen molar-refractivity contribution >= 4 is 0 Å². The topological polar surface area (TPSA) is 69.9 Å². The van der Waals surface area contributed by atoms with E-state index >= 15 is 0 Å². The second-order valence-corrected chi connectivity index (χ2v) is 2.88. The average molecular weight is 208 g/mol. The second kappa shape index (κ2) is 10.9. The molecule has 0 spiro atoms. The van der Waals surface area contributed by atoms with Gasteiger partial charge in [0.15, 0.2) is 0 Å². The summed E-state index contributed by atoms with van der Waals surface area (Å²) in [5, 5.41) is 24.9. The average Bonchev–Trinajstić information content (AvgIpc) is 2.22. The minimum Gasteiger partial charge on any atom is -0.400 e. The molecule has 0 saturated carbocycles. The van der Waals surface area contributed by atoms with Gasteiger partial charge in [0.1, 0.15) is 0 Å². The third-order valence-corrected chi connectivity index (χ3v) is 1.77. The van der Waals surface area contributed by atoms with Crippen LogP contribution in [0, 0.1) is 0 Å². The van der Waals surface area contributed by atoms with Crippen LogP contribution in [-0.4, -0.2) is 47.3 Å². The first kappa shape index (κ1) is 16.3. The summed E-state index contributed by atoms with van der Waals surface area (Å²) in [5.41, 5.74) is 0. The Hall–Kier alpha value is -0.160. The highest BCUT2D eigenvalue weighted by atomic mass is 16.5. The normalized spacial score (nSPS) is 30.6. The van der Waals surface area contributed by atoms with E-state index in [-0.39, 0.29) is 24.9 Å². The van der Waals surface area contributed by atoms with Crippen LogP contribution >= 0.6 is 0 Å². The molecule has 1 heterocycles. The van der Waals surface area contributed by atoms with Crippen LogP contribution in [0.15, 0.2) is 0 Å². The van der Waals surface area contributed by atoms with E-state index in [2.05, 4.69) is 0 Å². The van der Waals surface area contributed by atoms with Gasteiger partial charge in [0.2, 0.25) is 0 Å². The van der Waals surface area contributed by atoms with Crippen molar-refractivity contribution in [1.82, 2.24) is 0 Å². The SMILES string of the molecule is CC.CC1CC(O)CC(CO)O1.CO. The lowest BCUT2D eigenvalue weighted by Crippen LogP contribution is -2.35. The van der Waals surface area contributed by atoms with Gasteiger partial charge in [-0.25, -0.2) is 0 Å². The molecule has 0 aromatic rings. The predicted molar refractivity (Wildman–Crippen MR) is 56.2 cm³/mol. The summed E-state index contributed by atoms with van der Waals surface area (Å²) < 4.78 is 5.30. The molecule has 4 heteroatoms. The lowest BCUT2D eigenvalue weighted by molar-refractivity contribution is -0.104. The molecule has 14 heavy (non-hydrogen) atoms. The summed E-state index contributed by atoms with van der Waals surface area (Å²) in [7, 11) is 1.00. The van der Waals surface area contributed by atoms with Gasteiger partial charge in [-0.3, -0.25) is 0 Å². The monoisotopic (exact) mass is 208 g/mol. The van der Waals surface area contributed by atoms with Gasteiger partial charge in [0.05, 0.1) is 24.9 Å². The van der Waals surface area contributed by atoms with E-state index in [1.807, 2.05) is 20.8 Å². The van der Waals surface area contributed by atoms with Crippen LogP contribution in [0.4, 0.5) is 0 Å². The molecule has 1 aliphatic rings. The highest BCUT2D eigenvalue weighted by Gasteiger charge is 2.24. The fourth-order valence-corrected chi connectivity index (χ4v) is 1.34. The minimum atomic E-state index is -0.291. The lowest BCUT2D eigenvalue weighted by atomic mass is 10.0. The standard InChI is InChI=1S/C7H14O3.C2H6.CH4O/c1-5-2-6(9)3-7(4-8)10-5;2*1-2/h5-9H,2-4H2,1H3;1-2H3;2H,1H3. The van der Waals surface area contributed by atoms with Crippen LogP contribution in [-0.2, 0) is 4.74 Å². The Morgan fingerprint density at radius 2 is 1.71 bits per heavy atom. The fraction of sp³-hybridized carbons (Fsp3) is 1.00. The quantitative estimate of drug-likeness (QED) is 0.588. The summed E-state index contributed by atoms with van der Waals surface area (Å²) in [6.07, 6.45) is 0.901. The first-order valence-electron chi connectivity index (χ1n) is 5.11. The van der Waals surface area contributed by atoms with Gasteiger partial charge in [0, 0.05) is 13.5 Å². The summed E-state index contributed by atoms with van der Waals surface area (Å²) in [5.74, 6) is 0. The van der Waals surface area contributed by atoms with E-state index in [4.69, 9.17) is 14.9 Å². The number of rotatable bonds is 1. The van der Waals surface area contributed by atoms with Gasteiger partial charge >= 0.3 is 0 Å². The zero-order valence-electron chi connectivity index (χ0n) is 9.60. The highest BCUT2D eigenvalue weighted by Crippen LogP contribution is 2.18. The Balaban J connectivity index is 0. The van der Waals surface area contributed by atoms with E-state index in [0.29, 0.717) is 12.8 Å². The molecule has 3 unspecified atom stereocenters. The summed E-state index contributed by atoms with van der Waals surface area (Å²) in [6, 6.07) is 0. The molecule has 1 rings (SSSR count). The molecule has 3 N–H and O–H groups in total. The summed E-state index contributed by atoms with van der Waals surface area (Å²) in [6.45, 7) is 5.92. The second-order valence-electron chi connectivity index (χ2n) is 2.88. The van der Waals surface area contributed by atoms with E-state index in [9.17, 15) is 5.11 Å². The number of hydrogen-bond donors (Lipinski definition) is 3. The predicted octanol–water partition coefficient (Wildman–Crippen LogP) is 0.542. The molecule has 3 atom stereocenters. The molecule has 0 aromatic heterocycles. The Bertz CT molecular complexity index is 98.3. The minimum absolute atomic E-state index is 0.0153. The van der Waals surface area contributed by atoms with E-state index in [0.717, 1.165) is 7.11 Å². The van der Waals surface area contributed by atoms with Crippen LogP contribution in [0.2, 0.25) is 0 Å². The van der Waals surface area contributed by atoms with Gasteiger partial charge in [-0.2, -0.15) is 0 Å². The first-order chi connectivity index (χ1) is 6.72. The third-order valence-electron chi connectivity index (χ3n) is 1.77. The Kier molecular flexibility index (Phi) is 12.7. The van der Waals surface area contributed by atoms with E-state index in [1.165, 1.54) is 0 Å². The van der Waals surface area contributed by atoms with Crippen molar-refractivity contribution in [3.8, 4) is 0 Å². The maximum Gasteiger partial charge on any atom is 0.0833 e. The van der Waals surface area contributed by atoms with Gasteiger partial charge in [-0.05, 0) is 13.3 Å². The van der Waals surface area contributed by atoms with Crippen molar-refractivity contribution in [2.75, 3.05) is 13.7 Å². The zero-order chi connectivity index (χ0) is 11.6. The van der Waals surface area contributed by atoms with E-state index in [1.54, 1.807) is 0 Å². The molecule has 0 amide bonds. The molecule has 1 saturated heterocycles. The number of hydrogen-bond acceptors (Lipinski definition) is 4. The lowest BCUT2D eigenvalue weighted by Gasteiger charge is -2.29. The number of aliphatic hydroxyl groups is 3. The Morgan fingerprint density at radius 1 is 1.21 bits per heavy atom. The van der Waals surface area contributed by atoms with Crippen molar-refractivity contribution in [3.05, 3.63) is 0 Å². The Labute approximate surface area is 86.5 Å². The van der Waals surface area contributed by atoms with Crippen molar-refractivity contribution in [2.24, 2.45) is 0 Å². The van der Waals surface area contributed by atoms with Crippen molar-refractivity contribution in [2.45, 2.75) is 51.9 Å². The highest BCUT2D eigenvalue weighted by molar-refractivity contribution is 4.73. The van der Waals surface area contributed by atoms with Gasteiger partial charge in [-0.15, -0.1) is 0 Å². The van der Waals surface area contributed by atoms with Crippen LogP contribution < -0.4 is 0 Å². The van der Waals surface area contributed by atoms with E-state index < -0.39 is 0 Å². The molecule has 1 fully saturated rings. The summed E-state index contributed by atoms with van der Waals surface area (Å²) in [4.78, 5) is 0. The molecular formula is C10H24O4. The molecule has 0 bridgehead atoms. The molecule has 4 nitrogen and oxygen atoms in total. The van der Waals surface area contributed by atoms with Crippen LogP contribution in [0.5, 0.6) is 0 Å². The smallest absolute Gasteiger partial charge is 0.0833 e. The summed E-state index contributed by atoms with van der Waals surface area (Å²) >= 11 is 0. The maximum absolute atomic E-state index is 9.19. The number of ether oxygens (including phenoxy) is 1. The Morgan fingerprint density at radius 3 is 2.07 bits per heavy atom. The molecule has 0 aliphatic carbocycles. The first-order valence-corrected chi connectivity index (χ1v) is 5.11. The largest absolute Gasteiger partial charge is 0.400 e. The molecule has 1 aliphatic heterocycles. The molecule has 0 aromatic carbocycles. The van der Waals surface area contributed by atoms with Gasteiger partial charge < -0.3 is 20.1 Å². The molecular weight excluding hydrogens is 184 g/mol. The van der Waals surface area contributed by atoms with Crippen molar-refractivity contribution in [3.63, 3.8) is 0 Å². The fourth-order valence-electron chi connectivity index (χ4n) is 1.34. The van der Waals surface area contributed by atoms with Crippen LogP contribution in [0.25, 0.3) is 0 Å².